The molecule has 1 saturated heterocycles. The molecule has 1 aliphatic heterocycles. The molecule has 1 heterocycles. The van der Waals surface area contributed by atoms with E-state index in [1.54, 1.807) is 24.3 Å². The summed E-state index contributed by atoms with van der Waals surface area (Å²) >= 11 is 0. The van der Waals surface area contributed by atoms with Gasteiger partial charge < -0.3 is 0 Å². The summed E-state index contributed by atoms with van der Waals surface area (Å²) in [6.07, 6.45) is 2.00. The second-order valence-corrected chi connectivity index (χ2v) is 8.75. The maximum atomic E-state index is 11.9. The number of rotatable bonds is 6. The molecule has 0 saturated carbocycles. The molecule has 1 N–H and O–H groups in total. The quantitative estimate of drug-likeness (QED) is 0.801. The molecule has 9 heteroatoms. The Labute approximate surface area is 125 Å². The van der Waals surface area contributed by atoms with Crippen LogP contribution in [-0.2, 0) is 26.8 Å². The van der Waals surface area contributed by atoms with Crippen LogP contribution in [0.4, 0.5) is 5.69 Å². The third-order valence-electron chi connectivity index (χ3n) is 3.39. The van der Waals surface area contributed by atoms with Gasteiger partial charge in [-0.15, -0.1) is 0 Å². The zero-order valence-electron chi connectivity index (χ0n) is 12.0. The molecule has 0 radical (unpaired) electrons. The topological polar surface area (TPSA) is 86.8 Å². The predicted molar refractivity (Wildman–Crippen MR) is 81.6 cm³/mol. The van der Waals surface area contributed by atoms with Crippen molar-refractivity contribution in [2.45, 2.75) is 13.0 Å². The highest BCUT2D eigenvalue weighted by atomic mass is 32.2. The van der Waals surface area contributed by atoms with E-state index in [4.69, 9.17) is 0 Å². The van der Waals surface area contributed by atoms with Crippen LogP contribution >= 0.6 is 0 Å². The molecule has 0 unspecified atom stereocenters. The standard InChI is InChI=1S/C12H19N3O4S2/c1-14(20(2,16)17)12-6-3-5-11(9-12)10-13-21(18,19)15-7-4-8-15/h3,5-6,9,13H,4,7-8,10H2,1-2H3. The first-order chi connectivity index (χ1) is 9.70. The average Bonchev–Trinajstić information content (AvgIpc) is 2.32. The van der Waals surface area contributed by atoms with E-state index in [1.807, 2.05) is 0 Å². The van der Waals surface area contributed by atoms with Gasteiger partial charge in [0.2, 0.25) is 10.0 Å². The third-order valence-corrected chi connectivity index (χ3v) is 6.15. The van der Waals surface area contributed by atoms with Gasteiger partial charge in [-0.05, 0) is 24.1 Å². The summed E-state index contributed by atoms with van der Waals surface area (Å²) < 4.78 is 51.8. The lowest BCUT2D eigenvalue weighted by Gasteiger charge is -2.29. The molecule has 0 amide bonds. The molecule has 1 aromatic rings. The highest BCUT2D eigenvalue weighted by Crippen LogP contribution is 2.18. The van der Waals surface area contributed by atoms with Gasteiger partial charge in [-0.2, -0.15) is 17.4 Å². The fourth-order valence-electron chi connectivity index (χ4n) is 1.85. The van der Waals surface area contributed by atoms with Gasteiger partial charge in [-0.3, -0.25) is 4.31 Å². The summed E-state index contributed by atoms with van der Waals surface area (Å²) in [6.45, 7) is 1.22. The van der Waals surface area contributed by atoms with Crippen molar-refractivity contribution in [2.24, 2.45) is 0 Å². The minimum Gasteiger partial charge on any atom is -0.274 e. The maximum Gasteiger partial charge on any atom is 0.279 e. The minimum atomic E-state index is -3.43. The number of hydrogen-bond acceptors (Lipinski definition) is 4. The van der Waals surface area contributed by atoms with Crippen molar-refractivity contribution in [1.29, 1.82) is 0 Å². The number of sulfonamides is 1. The maximum absolute atomic E-state index is 11.9. The second kappa shape index (κ2) is 5.91. The number of nitrogens with one attached hydrogen (secondary N) is 1. The normalized spacial score (nSPS) is 16.5. The zero-order valence-corrected chi connectivity index (χ0v) is 13.6. The molecule has 1 aromatic carbocycles. The highest BCUT2D eigenvalue weighted by molar-refractivity contribution is 7.92. The Morgan fingerprint density at radius 1 is 1.24 bits per heavy atom. The van der Waals surface area contributed by atoms with Crippen LogP contribution in [0.3, 0.4) is 0 Å². The molecule has 0 atom stereocenters. The van der Waals surface area contributed by atoms with Crippen LogP contribution in [0.15, 0.2) is 24.3 Å². The molecule has 0 spiro atoms. The van der Waals surface area contributed by atoms with Gasteiger partial charge in [0.1, 0.15) is 0 Å². The Morgan fingerprint density at radius 3 is 2.43 bits per heavy atom. The summed E-state index contributed by atoms with van der Waals surface area (Å²) in [4.78, 5) is 0. The van der Waals surface area contributed by atoms with Gasteiger partial charge in [-0.1, -0.05) is 12.1 Å². The van der Waals surface area contributed by atoms with Gasteiger partial charge in [0.05, 0.1) is 11.9 Å². The third kappa shape index (κ3) is 3.94. The summed E-state index contributed by atoms with van der Waals surface area (Å²) in [5, 5.41) is 0. The van der Waals surface area contributed by atoms with Crippen LogP contribution in [0.1, 0.15) is 12.0 Å². The van der Waals surface area contributed by atoms with Crippen LogP contribution in [-0.4, -0.2) is 47.5 Å². The lowest BCUT2D eigenvalue weighted by Crippen LogP contribution is -2.47. The van der Waals surface area contributed by atoms with Crippen LogP contribution in [0.5, 0.6) is 0 Å². The fourth-order valence-corrected chi connectivity index (χ4v) is 3.61. The van der Waals surface area contributed by atoms with Crippen LogP contribution < -0.4 is 9.03 Å². The van der Waals surface area contributed by atoms with E-state index in [-0.39, 0.29) is 6.54 Å². The molecule has 2 rings (SSSR count). The first-order valence-corrected chi connectivity index (χ1v) is 9.76. The number of anilines is 1. The largest absolute Gasteiger partial charge is 0.279 e. The first-order valence-electron chi connectivity index (χ1n) is 6.48. The van der Waals surface area contributed by atoms with E-state index in [1.165, 1.54) is 11.4 Å². The second-order valence-electron chi connectivity index (χ2n) is 4.98. The number of hydrogen-bond donors (Lipinski definition) is 1. The molecule has 1 aliphatic rings. The minimum absolute atomic E-state index is 0.129. The number of nitrogens with zero attached hydrogens (tertiary/aromatic N) is 2. The SMILES string of the molecule is CN(c1cccc(CNS(=O)(=O)N2CCC2)c1)S(C)(=O)=O. The van der Waals surface area contributed by atoms with E-state index in [0.717, 1.165) is 17.0 Å². The summed E-state index contributed by atoms with van der Waals surface area (Å²) in [5.41, 5.74) is 1.20. The molecular weight excluding hydrogens is 314 g/mol. The van der Waals surface area contributed by atoms with E-state index in [2.05, 4.69) is 4.72 Å². The smallest absolute Gasteiger partial charge is 0.274 e. The Bertz CT molecular complexity index is 712. The van der Waals surface area contributed by atoms with Crippen molar-refractivity contribution in [2.75, 3.05) is 30.7 Å². The van der Waals surface area contributed by atoms with Crippen LogP contribution in [0, 0.1) is 0 Å². The van der Waals surface area contributed by atoms with Crippen LogP contribution in [0.25, 0.3) is 0 Å². The Morgan fingerprint density at radius 2 is 1.90 bits per heavy atom. The van der Waals surface area contributed by atoms with Gasteiger partial charge in [0.15, 0.2) is 0 Å². The van der Waals surface area contributed by atoms with Gasteiger partial charge in [0, 0.05) is 26.7 Å². The van der Waals surface area contributed by atoms with E-state index >= 15 is 0 Å². The van der Waals surface area contributed by atoms with Crippen LogP contribution in [0.2, 0.25) is 0 Å². The Hall–Kier alpha value is -1.16. The van der Waals surface area contributed by atoms with Gasteiger partial charge >= 0.3 is 0 Å². The molecular formula is C12H19N3O4S2. The molecule has 0 bridgehead atoms. The molecule has 1 fully saturated rings. The molecule has 0 aliphatic carbocycles. The zero-order chi connectivity index (χ0) is 15.7. The molecule has 21 heavy (non-hydrogen) atoms. The van der Waals surface area contributed by atoms with Crippen molar-refractivity contribution in [3.63, 3.8) is 0 Å². The monoisotopic (exact) mass is 333 g/mol. The number of benzene rings is 1. The molecule has 118 valence electrons. The van der Waals surface area contributed by atoms with Crippen molar-refractivity contribution in [3.05, 3.63) is 29.8 Å². The summed E-state index contributed by atoms with van der Waals surface area (Å²) in [6, 6.07) is 6.76. The van der Waals surface area contributed by atoms with Crippen molar-refractivity contribution in [3.8, 4) is 0 Å². The molecule has 7 nitrogen and oxygen atoms in total. The first kappa shape index (κ1) is 16.2. The van der Waals surface area contributed by atoms with Gasteiger partial charge in [0.25, 0.3) is 10.2 Å². The summed E-state index contributed by atoms with van der Waals surface area (Å²) in [5.74, 6) is 0. The van der Waals surface area contributed by atoms with E-state index in [9.17, 15) is 16.8 Å². The lowest BCUT2D eigenvalue weighted by atomic mass is 10.2. The Kier molecular flexibility index (Phi) is 4.57. The van der Waals surface area contributed by atoms with E-state index in [0.29, 0.717) is 24.3 Å². The van der Waals surface area contributed by atoms with Gasteiger partial charge in [-0.25, -0.2) is 8.42 Å². The summed E-state index contributed by atoms with van der Waals surface area (Å²) in [7, 11) is -5.31. The van der Waals surface area contributed by atoms with Crippen molar-refractivity contribution in [1.82, 2.24) is 9.03 Å². The lowest BCUT2D eigenvalue weighted by molar-refractivity contribution is 0.304. The highest BCUT2D eigenvalue weighted by Gasteiger charge is 2.26. The average molecular weight is 333 g/mol. The Balaban J connectivity index is 2.08. The van der Waals surface area contributed by atoms with E-state index < -0.39 is 20.2 Å². The fraction of sp³-hybridized carbons (Fsp3) is 0.500. The predicted octanol–water partition coefficient (Wildman–Crippen LogP) is 0.123. The van der Waals surface area contributed by atoms with Crippen molar-refractivity contribution < 1.29 is 16.8 Å². The molecule has 0 aromatic heterocycles. The van der Waals surface area contributed by atoms with Crippen molar-refractivity contribution >= 4 is 25.9 Å².